The van der Waals surface area contributed by atoms with Gasteiger partial charge in [0.25, 0.3) is 0 Å². The number of benzene rings is 3. The van der Waals surface area contributed by atoms with E-state index < -0.39 is 0 Å². The summed E-state index contributed by atoms with van der Waals surface area (Å²) in [4.78, 5) is 4.51. The zero-order chi connectivity index (χ0) is 23.4. The van der Waals surface area contributed by atoms with Crippen LogP contribution in [0.1, 0.15) is 16.7 Å². The van der Waals surface area contributed by atoms with E-state index in [1.54, 1.807) is 6.20 Å². The number of aromatic nitrogens is 2. The molecule has 0 atom stereocenters. The van der Waals surface area contributed by atoms with E-state index in [1.165, 1.54) is 5.56 Å². The van der Waals surface area contributed by atoms with Crippen molar-refractivity contribution in [3.63, 3.8) is 0 Å². The van der Waals surface area contributed by atoms with Crippen LogP contribution in [0.2, 0.25) is 0 Å². The van der Waals surface area contributed by atoms with E-state index in [0.717, 1.165) is 60.8 Å². The van der Waals surface area contributed by atoms with Gasteiger partial charge in [0.15, 0.2) is 6.20 Å². The molecule has 3 aromatic heterocycles. The first-order chi connectivity index (χ1) is 16.5. The lowest BCUT2D eigenvalue weighted by Gasteiger charge is -2.07. The molecule has 0 aliphatic heterocycles. The topological polar surface area (TPSA) is 53.7 Å². The second-order valence-electron chi connectivity index (χ2n) is 8.83. The standard InChI is InChI=1S/C30H22N3O/c1-18-6-13-26(33(3)17-18)27-19(2)7-11-23-24-12-10-22(16-31)28(30(24)34-29(23)27)21-9-8-20-5-4-14-32-25(20)15-21/h4-15,17H,1-3H3/q+1. The summed E-state index contributed by atoms with van der Waals surface area (Å²) in [6, 6.07) is 24.9. The second kappa shape index (κ2) is 7.54. The molecule has 0 saturated carbocycles. The highest BCUT2D eigenvalue weighted by Crippen LogP contribution is 2.42. The number of nitrogens with zero attached hydrogens (tertiary/aromatic N) is 3. The van der Waals surface area contributed by atoms with Crippen molar-refractivity contribution in [2.45, 2.75) is 13.8 Å². The summed E-state index contributed by atoms with van der Waals surface area (Å²) in [5.41, 5.74) is 9.27. The van der Waals surface area contributed by atoms with Gasteiger partial charge in [-0.3, -0.25) is 4.98 Å². The fourth-order valence-corrected chi connectivity index (χ4v) is 4.93. The van der Waals surface area contributed by atoms with Crippen molar-refractivity contribution in [2.24, 2.45) is 7.05 Å². The van der Waals surface area contributed by atoms with E-state index in [9.17, 15) is 5.26 Å². The lowest BCUT2D eigenvalue weighted by atomic mass is 9.95. The molecule has 6 rings (SSSR count). The van der Waals surface area contributed by atoms with Crippen molar-refractivity contribution in [1.82, 2.24) is 4.98 Å². The molecule has 4 heteroatoms. The number of fused-ring (bicyclic) bond motifs is 4. The van der Waals surface area contributed by atoms with Crippen molar-refractivity contribution in [3.8, 4) is 28.5 Å². The van der Waals surface area contributed by atoms with Gasteiger partial charge in [-0.1, -0.05) is 30.3 Å². The lowest BCUT2D eigenvalue weighted by molar-refractivity contribution is -0.660. The third-order valence-electron chi connectivity index (χ3n) is 6.57. The monoisotopic (exact) mass is 440 g/mol. The third-order valence-corrected chi connectivity index (χ3v) is 6.57. The predicted molar refractivity (Wildman–Crippen MR) is 135 cm³/mol. The van der Waals surface area contributed by atoms with Crippen LogP contribution in [0.25, 0.3) is 55.2 Å². The summed E-state index contributed by atoms with van der Waals surface area (Å²) in [6.07, 6.45) is 3.91. The van der Waals surface area contributed by atoms with Crippen LogP contribution in [0.4, 0.5) is 0 Å². The highest BCUT2D eigenvalue weighted by molar-refractivity contribution is 6.14. The third kappa shape index (κ3) is 2.98. The van der Waals surface area contributed by atoms with E-state index in [4.69, 9.17) is 4.42 Å². The van der Waals surface area contributed by atoms with Gasteiger partial charge in [-0.15, -0.1) is 0 Å². The molecule has 3 aromatic carbocycles. The van der Waals surface area contributed by atoms with Crippen molar-refractivity contribution in [3.05, 3.63) is 95.8 Å². The van der Waals surface area contributed by atoms with Crippen LogP contribution in [-0.4, -0.2) is 4.98 Å². The highest BCUT2D eigenvalue weighted by Gasteiger charge is 2.23. The first-order valence-corrected chi connectivity index (χ1v) is 11.3. The zero-order valence-corrected chi connectivity index (χ0v) is 19.3. The molecule has 4 nitrogen and oxygen atoms in total. The molecule has 0 saturated heterocycles. The quantitative estimate of drug-likeness (QED) is 0.279. The fourth-order valence-electron chi connectivity index (χ4n) is 4.93. The molecule has 34 heavy (non-hydrogen) atoms. The van der Waals surface area contributed by atoms with Crippen molar-refractivity contribution in [2.75, 3.05) is 0 Å². The smallest absolute Gasteiger partial charge is 0.216 e. The second-order valence-corrected chi connectivity index (χ2v) is 8.83. The number of nitriles is 1. The molecule has 0 amide bonds. The maximum atomic E-state index is 9.96. The summed E-state index contributed by atoms with van der Waals surface area (Å²) in [6.45, 7) is 4.20. The van der Waals surface area contributed by atoms with Crippen LogP contribution < -0.4 is 4.57 Å². The Bertz CT molecular complexity index is 1800. The summed E-state index contributed by atoms with van der Waals surface area (Å²) < 4.78 is 8.80. The van der Waals surface area contributed by atoms with Gasteiger partial charge in [0.2, 0.25) is 5.69 Å². The highest BCUT2D eigenvalue weighted by atomic mass is 16.3. The molecule has 6 aromatic rings. The molecule has 0 spiro atoms. The zero-order valence-electron chi connectivity index (χ0n) is 19.3. The van der Waals surface area contributed by atoms with Crippen LogP contribution in [0.5, 0.6) is 0 Å². The molecule has 0 fully saturated rings. The number of pyridine rings is 2. The van der Waals surface area contributed by atoms with Crippen molar-refractivity contribution in [1.29, 1.82) is 5.26 Å². The number of hydrogen-bond acceptors (Lipinski definition) is 3. The van der Waals surface area contributed by atoms with E-state index in [1.807, 2.05) is 42.5 Å². The lowest BCUT2D eigenvalue weighted by Crippen LogP contribution is -2.31. The van der Waals surface area contributed by atoms with Crippen molar-refractivity contribution >= 4 is 32.8 Å². The van der Waals surface area contributed by atoms with Gasteiger partial charge < -0.3 is 4.42 Å². The van der Waals surface area contributed by atoms with Crippen LogP contribution in [-0.2, 0) is 7.05 Å². The Labute approximate surface area is 197 Å². The van der Waals surface area contributed by atoms with Gasteiger partial charge >= 0.3 is 0 Å². The largest absolute Gasteiger partial charge is 0.454 e. The maximum Gasteiger partial charge on any atom is 0.216 e. The Hall–Kier alpha value is -4.49. The summed E-state index contributed by atoms with van der Waals surface area (Å²) in [5.74, 6) is 0. The first kappa shape index (κ1) is 20.1. The number of furan rings is 1. The average molecular weight is 441 g/mol. The number of hydrogen-bond donors (Lipinski definition) is 0. The molecular formula is C30H22N3O+. The molecule has 0 aliphatic carbocycles. The normalized spacial score (nSPS) is 11.4. The summed E-state index contributed by atoms with van der Waals surface area (Å²) >= 11 is 0. The van der Waals surface area contributed by atoms with Crippen LogP contribution in [0, 0.1) is 25.2 Å². The molecule has 0 unspecified atom stereocenters. The Kier molecular flexibility index (Phi) is 4.46. The van der Waals surface area contributed by atoms with Crippen molar-refractivity contribution < 1.29 is 8.98 Å². The van der Waals surface area contributed by atoms with Gasteiger partial charge in [0.05, 0.1) is 22.7 Å². The predicted octanol–water partition coefficient (Wildman–Crippen LogP) is 6.78. The minimum absolute atomic E-state index is 0.584. The molecular weight excluding hydrogens is 418 g/mol. The van der Waals surface area contributed by atoms with Crippen LogP contribution >= 0.6 is 0 Å². The fraction of sp³-hybridized carbons (Fsp3) is 0.100. The van der Waals surface area contributed by atoms with Gasteiger partial charge in [-0.25, -0.2) is 4.57 Å². The Balaban J connectivity index is 1.71. The summed E-state index contributed by atoms with van der Waals surface area (Å²) in [7, 11) is 2.06. The van der Waals surface area contributed by atoms with Gasteiger partial charge in [0.1, 0.15) is 18.2 Å². The molecule has 162 valence electrons. The Morgan fingerprint density at radius 2 is 1.68 bits per heavy atom. The molecule has 0 radical (unpaired) electrons. The average Bonchev–Trinajstić information content (AvgIpc) is 3.22. The number of aryl methyl sites for hydroxylation is 3. The van der Waals surface area contributed by atoms with Gasteiger partial charge in [-0.2, -0.15) is 5.26 Å². The van der Waals surface area contributed by atoms with E-state index in [2.05, 4.69) is 67.0 Å². The van der Waals surface area contributed by atoms with E-state index in [-0.39, 0.29) is 0 Å². The maximum absolute atomic E-state index is 9.96. The van der Waals surface area contributed by atoms with Gasteiger partial charge in [0, 0.05) is 39.5 Å². The van der Waals surface area contributed by atoms with E-state index in [0.29, 0.717) is 5.56 Å². The molecule has 0 aliphatic rings. The molecule has 0 bridgehead atoms. The van der Waals surface area contributed by atoms with Crippen LogP contribution in [0.3, 0.4) is 0 Å². The molecule has 3 heterocycles. The first-order valence-electron chi connectivity index (χ1n) is 11.3. The Morgan fingerprint density at radius 3 is 2.47 bits per heavy atom. The van der Waals surface area contributed by atoms with E-state index >= 15 is 0 Å². The van der Waals surface area contributed by atoms with Crippen LogP contribution in [0.15, 0.2) is 83.5 Å². The Morgan fingerprint density at radius 1 is 0.882 bits per heavy atom. The SMILES string of the molecule is Cc1ccc(-c2c(C)ccc3c2oc2c(-c4ccc5cccnc5c4)c(C#N)ccc23)[n+](C)c1. The minimum atomic E-state index is 0.584. The minimum Gasteiger partial charge on any atom is -0.454 e. The summed E-state index contributed by atoms with van der Waals surface area (Å²) in [5, 5.41) is 13.1. The van der Waals surface area contributed by atoms with Gasteiger partial charge in [-0.05, 0) is 55.3 Å². The molecule has 0 N–H and O–H groups in total. The number of rotatable bonds is 2.